The van der Waals surface area contributed by atoms with E-state index in [1.54, 1.807) is 20.8 Å². The summed E-state index contributed by atoms with van der Waals surface area (Å²) in [5.74, 6) is -0.814. The fourth-order valence-corrected chi connectivity index (χ4v) is 4.71. The Morgan fingerprint density at radius 3 is 2.17 bits per heavy atom. The van der Waals surface area contributed by atoms with Crippen LogP contribution in [0.3, 0.4) is 0 Å². The molecule has 1 aliphatic rings. The molecule has 1 aromatic carbocycles. The molecule has 2 atom stereocenters. The quantitative estimate of drug-likeness (QED) is 0.514. The molecule has 3 amide bonds. The van der Waals surface area contributed by atoms with Crippen LogP contribution in [0.15, 0.2) is 18.2 Å². The lowest BCUT2D eigenvalue weighted by molar-refractivity contribution is -0.149. The summed E-state index contributed by atoms with van der Waals surface area (Å²) in [5, 5.41) is 15.8. The number of nitrogens with one attached hydrogen (secondary N) is 2. The van der Waals surface area contributed by atoms with Crippen LogP contribution in [-0.2, 0) is 14.3 Å². The molecule has 2 rings (SSSR count). The van der Waals surface area contributed by atoms with Crippen LogP contribution in [0.5, 0.6) is 0 Å². The minimum atomic E-state index is -1.27. The molecule has 1 fully saturated rings. The number of hydrogen-bond donors (Lipinski definition) is 3. The highest BCUT2D eigenvalue weighted by Gasteiger charge is 2.42. The summed E-state index contributed by atoms with van der Waals surface area (Å²) in [6.07, 6.45) is 4.30. The number of rotatable bonds is 7. The Bertz CT molecular complexity index is 926. The van der Waals surface area contributed by atoms with Crippen molar-refractivity contribution < 1.29 is 24.2 Å². The number of aliphatic hydroxyl groups excluding tert-OH is 1. The zero-order valence-corrected chi connectivity index (χ0v) is 23.2. The second-order valence-electron chi connectivity index (χ2n) is 11.9. The molecule has 0 spiro atoms. The molecular formula is C28H45N3O5. The second-order valence-corrected chi connectivity index (χ2v) is 11.9. The van der Waals surface area contributed by atoms with Gasteiger partial charge in [-0.1, -0.05) is 43.0 Å². The Kier molecular flexibility index (Phi) is 9.94. The third-order valence-electron chi connectivity index (χ3n) is 6.31. The molecule has 2 unspecified atom stereocenters. The predicted octanol–water partition coefficient (Wildman–Crippen LogP) is 4.31. The first-order valence-corrected chi connectivity index (χ1v) is 12.9. The van der Waals surface area contributed by atoms with Crippen molar-refractivity contribution in [2.45, 2.75) is 117 Å². The van der Waals surface area contributed by atoms with Crippen LogP contribution in [0, 0.1) is 13.8 Å². The molecule has 1 aromatic rings. The van der Waals surface area contributed by atoms with Gasteiger partial charge in [-0.3, -0.25) is 9.59 Å². The Labute approximate surface area is 216 Å². The first-order valence-electron chi connectivity index (χ1n) is 12.9. The maximum absolute atomic E-state index is 13.9. The van der Waals surface area contributed by atoms with Crippen molar-refractivity contribution in [3.8, 4) is 0 Å². The maximum Gasteiger partial charge on any atom is 0.408 e. The van der Waals surface area contributed by atoms with Crippen LogP contribution in [0.1, 0.15) is 96.4 Å². The number of carbonyl (C=O) groups excluding carboxylic acids is 3. The number of aryl methyl sites for hydroxylation is 2. The van der Waals surface area contributed by atoms with Gasteiger partial charge in [-0.25, -0.2) is 4.79 Å². The van der Waals surface area contributed by atoms with Gasteiger partial charge in [0.25, 0.3) is 0 Å². The first-order chi connectivity index (χ1) is 16.6. The van der Waals surface area contributed by atoms with Crippen molar-refractivity contribution in [1.29, 1.82) is 0 Å². The Balaban J connectivity index is 2.50. The van der Waals surface area contributed by atoms with Crippen LogP contribution >= 0.6 is 0 Å². The SMILES string of the molecule is Cc1ccc(C(C(=O)NC2CCCCC2)N(C(=O)C(CO)NC(=O)OC(C)(C)C)C(C)(C)C)c(C)c1. The van der Waals surface area contributed by atoms with Crippen molar-refractivity contribution in [3.05, 3.63) is 34.9 Å². The zero-order chi connectivity index (χ0) is 27.3. The number of amides is 3. The molecule has 36 heavy (non-hydrogen) atoms. The minimum absolute atomic E-state index is 0.0601. The van der Waals surface area contributed by atoms with Crippen molar-refractivity contribution in [1.82, 2.24) is 15.5 Å². The molecule has 3 N–H and O–H groups in total. The maximum atomic E-state index is 13.9. The monoisotopic (exact) mass is 503 g/mol. The second kappa shape index (κ2) is 12.1. The van der Waals surface area contributed by atoms with Gasteiger partial charge in [0, 0.05) is 11.6 Å². The number of carbonyl (C=O) groups is 3. The molecule has 0 radical (unpaired) electrons. The molecule has 8 heteroatoms. The van der Waals surface area contributed by atoms with E-state index in [9.17, 15) is 19.5 Å². The summed E-state index contributed by atoms with van der Waals surface area (Å²) >= 11 is 0. The van der Waals surface area contributed by atoms with Crippen molar-refractivity contribution >= 4 is 17.9 Å². The molecular weight excluding hydrogens is 458 g/mol. The normalized spacial score (nSPS) is 16.6. The van der Waals surface area contributed by atoms with Crippen molar-refractivity contribution in [2.24, 2.45) is 0 Å². The van der Waals surface area contributed by atoms with E-state index < -0.39 is 41.8 Å². The summed E-state index contributed by atoms with van der Waals surface area (Å²) in [4.78, 5) is 41.7. The van der Waals surface area contributed by atoms with E-state index in [1.807, 2.05) is 52.8 Å². The predicted molar refractivity (Wildman–Crippen MR) is 141 cm³/mol. The highest BCUT2D eigenvalue weighted by atomic mass is 16.6. The minimum Gasteiger partial charge on any atom is -0.444 e. The van der Waals surface area contributed by atoms with Gasteiger partial charge in [0.2, 0.25) is 11.8 Å². The van der Waals surface area contributed by atoms with E-state index in [1.165, 1.54) is 4.90 Å². The van der Waals surface area contributed by atoms with Crippen LogP contribution in [0.4, 0.5) is 4.79 Å². The number of benzene rings is 1. The summed E-state index contributed by atoms with van der Waals surface area (Å²) < 4.78 is 5.30. The number of alkyl carbamates (subject to hydrolysis) is 1. The lowest BCUT2D eigenvalue weighted by atomic mass is 9.91. The molecule has 0 aliphatic heterocycles. The topological polar surface area (TPSA) is 108 Å². The molecule has 202 valence electrons. The molecule has 0 saturated heterocycles. The van der Waals surface area contributed by atoms with Crippen LogP contribution in [0.25, 0.3) is 0 Å². The standard InChI is InChI=1S/C28H45N3O5/c1-18-14-15-21(19(2)16-18)23(24(33)29-20-12-10-9-11-13-20)31(27(3,4)5)25(34)22(17-32)30-26(35)36-28(6,7)8/h14-16,20,22-23,32H,9-13,17H2,1-8H3,(H,29,33)(H,30,35). The molecule has 1 saturated carbocycles. The number of aliphatic hydroxyl groups is 1. The van der Waals surface area contributed by atoms with Gasteiger partial charge in [-0.15, -0.1) is 0 Å². The zero-order valence-electron chi connectivity index (χ0n) is 23.2. The van der Waals surface area contributed by atoms with E-state index in [0.717, 1.165) is 43.2 Å². The molecule has 0 aromatic heterocycles. The summed E-state index contributed by atoms with van der Waals surface area (Å²) in [7, 11) is 0. The highest BCUT2D eigenvalue weighted by Crippen LogP contribution is 2.33. The third kappa shape index (κ3) is 8.22. The molecule has 1 aliphatic carbocycles. The van der Waals surface area contributed by atoms with Crippen LogP contribution in [0.2, 0.25) is 0 Å². The van der Waals surface area contributed by atoms with Gasteiger partial charge in [0.05, 0.1) is 6.61 Å². The fraction of sp³-hybridized carbons (Fsp3) is 0.679. The van der Waals surface area contributed by atoms with E-state index in [-0.39, 0.29) is 11.9 Å². The molecule has 0 heterocycles. The van der Waals surface area contributed by atoms with E-state index in [0.29, 0.717) is 5.56 Å². The van der Waals surface area contributed by atoms with Crippen molar-refractivity contribution in [3.63, 3.8) is 0 Å². The summed E-state index contributed by atoms with van der Waals surface area (Å²) in [5.41, 5.74) is 1.09. The molecule has 0 bridgehead atoms. The largest absolute Gasteiger partial charge is 0.444 e. The van der Waals surface area contributed by atoms with Crippen molar-refractivity contribution in [2.75, 3.05) is 6.61 Å². The Hall–Kier alpha value is -2.61. The van der Waals surface area contributed by atoms with E-state index in [4.69, 9.17) is 4.74 Å². The smallest absolute Gasteiger partial charge is 0.408 e. The Morgan fingerprint density at radius 1 is 1.06 bits per heavy atom. The lowest BCUT2D eigenvalue weighted by Gasteiger charge is -2.43. The van der Waals surface area contributed by atoms with Gasteiger partial charge >= 0.3 is 6.09 Å². The summed E-state index contributed by atoms with van der Waals surface area (Å²) in [6, 6.07) is 3.66. The van der Waals surface area contributed by atoms with Crippen LogP contribution < -0.4 is 10.6 Å². The van der Waals surface area contributed by atoms with Gasteiger partial charge in [-0.05, 0) is 79.4 Å². The van der Waals surface area contributed by atoms with Gasteiger partial charge in [0.15, 0.2) is 0 Å². The van der Waals surface area contributed by atoms with Gasteiger partial charge in [-0.2, -0.15) is 0 Å². The average Bonchev–Trinajstić information content (AvgIpc) is 2.74. The highest BCUT2D eigenvalue weighted by molar-refractivity contribution is 5.93. The third-order valence-corrected chi connectivity index (χ3v) is 6.31. The lowest BCUT2D eigenvalue weighted by Crippen LogP contribution is -2.60. The number of nitrogens with zero attached hydrogens (tertiary/aromatic N) is 1. The number of ether oxygens (including phenoxy) is 1. The summed E-state index contributed by atoms with van der Waals surface area (Å²) in [6.45, 7) is 14.0. The van der Waals surface area contributed by atoms with E-state index >= 15 is 0 Å². The fourth-order valence-electron chi connectivity index (χ4n) is 4.71. The average molecular weight is 504 g/mol. The van der Waals surface area contributed by atoms with Gasteiger partial charge in [0.1, 0.15) is 17.7 Å². The Morgan fingerprint density at radius 2 is 1.67 bits per heavy atom. The van der Waals surface area contributed by atoms with Gasteiger partial charge < -0.3 is 25.4 Å². The van der Waals surface area contributed by atoms with E-state index in [2.05, 4.69) is 10.6 Å². The molecule has 8 nitrogen and oxygen atoms in total. The first kappa shape index (κ1) is 29.6. The van der Waals surface area contributed by atoms with Crippen LogP contribution in [-0.4, -0.2) is 57.7 Å². The number of hydrogen-bond acceptors (Lipinski definition) is 5.